The zero-order valence-corrected chi connectivity index (χ0v) is 82.7. The molecule has 0 aliphatic carbocycles. The Hall–Kier alpha value is 23.2. The molecule has 0 fully saturated rings. The van der Waals surface area contributed by atoms with Gasteiger partial charge in [-0.3, -0.25) is 0 Å². The van der Waals surface area contributed by atoms with Crippen molar-refractivity contribution in [2.75, 3.05) is 0 Å². The molecule has 0 aliphatic rings. The van der Waals surface area contributed by atoms with Gasteiger partial charge in [-0.05, 0) is 0 Å². The monoisotopic (exact) mass is 2030 g/mol. The van der Waals surface area contributed by atoms with E-state index in [-0.39, 0.29) is 694 Å². The van der Waals surface area contributed by atoms with E-state index >= 15 is 0 Å². The van der Waals surface area contributed by atoms with Gasteiger partial charge in [-0.1, -0.05) is 69.2 Å². The van der Waals surface area contributed by atoms with Gasteiger partial charge in [0.1, 0.15) is 0 Å². The summed E-state index contributed by atoms with van der Waals surface area (Å²) in [5.74, 6) is 0. The summed E-state index contributed by atoms with van der Waals surface area (Å²) in [6.45, 7) is 20.0. The molecule has 0 spiro atoms. The summed E-state index contributed by atoms with van der Waals surface area (Å²) in [6, 6.07) is 0. The summed E-state index contributed by atoms with van der Waals surface area (Å²) in [5, 5.41) is 0. The van der Waals surface area contributed by atoms with Gasteiger partial charge in [-0.15, -0.1) is 0 Å². The maximum absolute atomic E-state index is 2.00. The fraction of sp³-hybridized carbons (Fsp3) is 0.909. The van der Waals surface area contributed by atoms with Crippen LogP contribution in [-0.2, 0) is 687 Å². The molecular weight excluding hydrogens is 2000 g/mol. The second kappa shape index (κ2) is 285. The van der Waals surface area contributed by atoms with Crippen LogP contribution in [-0.4, -0.2) is 0 Å². The van der Waals surface area contributed by atoms with Crippen LogP contribution < -0.4 is 0 Å². The predicted octanol–water partition coefficient (Wildman–Crippen LogP) is 5.53. The van der Waals surface area contributed by atoms with Crippen molar-refractivity contribution in [1.82, 2.24) is 0 Å². The maximum Gasteiger partial charge on any atom is 0 e. The van der Waals surface area contributed by atoms with Crippen molar-refractivity contribution < 1.29 is 687 Å². The molecular formula is C11H33Y21-. The molecule has 141 valence electrons. The average molecular weight is 2030 g/mol. The Morgan fingerprint density at radius 1 is 0.125 bits per heavy atom. The zero-order chi connectivity index (χ0) is 10.0. The van der Waals surface area contributed by atoms with E-state index in [2.05, 4.69) is 0 Å². The molecule has 21 heteroatoms. The van der Waals surface area contributed by atoms with Crippen LogP contribution in [0.25, 0.3) is 0 Å². The van der Waals surface area contributed by atoms with Crippen molar-refractivity contribution in [3.8, 4) is 0 Å². The Balaban J connectivity index is -0.000000000333. The van der Waals surface area contributed by atoms with Crippen molar-refractivity contribution in [1.29, 1.82) is 0 Å². The third-order valence-electron chi connectivity index (χ3n) is 0. The summed E-state index contributed by atoms with van der Waals surface area (Å²) in [7, 11) is 0. The van der Waals surface area contributed by atoms with Gasteiger partial charge in [-0.25, -0.2) is 0 Å². The van der Waals surface area contributed by atoms with Gasteiger partial charge in [0.25, 0.3) is 0 Å². The summed E-state index contributed by atoms with van der Waals surface area (Å²) >= 11 is 0. The molecule has 0 rings (SSSR count). The van der Waals surface area contributed by atoms with Crippen molar-refractivity contribution in [2.24, 2.45) is 0 Å². The van der Waals surface area contributed by atoms with Crippen molar-refractivity contribution in [3.05, 3.63) is 7.43 Å². The maximum atomic E-state index is 2.00. The summed E-state index contributed by atoms with van der Waals surface area (Å²) < 4.78 is 0. The standard InChI is InChI=1S/5C2H6.CH3.21Y/c5*1-2;;;;;;;;;;;;;;;;;;;;;;/h5*1-2H3;1H3;;;;;;;;;;;;;;;;;;;;;/q;;;;;-1;;;;;;;;;;;;;;;;;;;;;. The fourth-order valence-electron chi connectivity index (χ4n) is 0. The van der Waals surface area contributed by atoms with Crippen LogP contribution in [0, 0.1) is 7.43 Å². The molecule has 0 nitrogen and oxygen atoms in total. The van der Waals surface area contributed by atoms with Crippen LogP contribution in [0.1, 0.15) is 69.2 Å². The molecule has 0 aromatic carbocycles. The van der Waals surface area contributed by atoms with Gasteiger partial charge in [0.05, 0.1) is 0 Å². The van der Waals surface area contributed by atoms with Crippen LogP contribution in [0.3, 0.4) is 0 Å². The van der Waals surface area contributed by atoms with Crippen molar-refractivity contribution >= 4 is 0 Å². The number of rotatable bonds is 0. The average Bonchev–Trinajstić information content (AvgIpc) is 2.20. The van der Waals surface area contributed by atoms with Crippen LogP contribution in [0.4, 0.5) is 0 Å². The van der Waals surface area contributed by atoms with Gasteiger partial charge in [0.2, 0.25) is 0 Å². The number of hydrogen-bond donors (Lipinski definition) is 0. The predicted molar refractivity (Wildman–Crippen MR) is 63.2 cm³/mol. The normalized spacial score (nSPS) is 0.938. The quantitative estimate of drug-likeness (QED) is 0.281. The molecule has 0 aliphatic heterocycles. The van der Waals surface area contributed by atoms with Gasteiger partial charge in [0.15, 0.2) is 0 Å². The molecule has 0 saturated heterocycles. The first-order valence-electron chi connectivity index (χ1n) is 5.00. The minimum atomic E-state index is 0. The Labute approximate surface area is 736 Å². The van der Waals surface area contributed by atoms with E-state index in [1.165, 1.54) is 0 Å². The van der Waals surface area contributed by atoms with Crippen LogP contribution in [0.15, 0.2) is 0 Å². The van der Waals surface area contributed by atoms with E-state index in [0.29, 0.717) is 0 Å². The molecule has 0 unspecified atom stereocenters. The molecule has 0 heterocycles. The van der Waals surface area contributed by atoms with E-state index < -0.39 is 0 Å². The minimum Gasteiger partial charge on any atom is -0.358 e. The smallest absolute Gasteiger partial charge is 0 e. The van der Waals surface area contributed by atoms with Crippen molar-refractivity contribution in [3.63, 3.8) is 0 Å². The molecule has 0 aromatic heterocycles. The van der Waals surface area contributed by atoms with E-state index in [4.69, 9.17) is 0 Å². The van der Waals surface area contributed by atoms with Crippen LogP contribution in [0.5, 0.6) is 0 Å². The first kappa shape index (κ1) is 204. The van der Waals surface area contributed by atoms with E-state index in [0.717, 1.165) is 0 Å². The summed E-state index contributed by atoms with van der Waals surface area (Å²) in [4.78, 5) is 0. The minimum absolute atomic E-state index is 0. The van der Waals surface area contributed by atoms with Gasteiger partial charge >= 0.3 is 0 Å². The SMILES string of the molecule is CC.CC.CC.CC.CC.[CH3-].[Y].[Y].[Y].[Y].[Y].[Y].[Y].[Y].[Y].[Y].[Y].[Y].[Y].[Y].[Y].[Y].[Y].[Y].[Y].[Y].[Y]. The van der Waals surface area contributed by atoms with E-state index in [1.807, 2.05) is 69.2 Å². The Morgan fingerprint density at radius 3 is 0.125 bits per heavy atom. The van der Waals surface area contributed by atoms with Crippen molar-refractivity contribution in [2.45, 2.75) is 69.2 Å². The molecule has 0 N–H and O–H groups in total. The first-order chi connectivity index (χ1) is 5.00. The summed E-state index contributed by atoms with van der Waals surface area (Å²) in [5.41, 5.74) is 0. The molecule has 0 aromatic rings. The zero-order valence-electron chi connectivity index (χ0n) is 23.1. The summed E-state index contributed by atoms with van der Waals surface area (Å²) in [6.07, 6.45) is 0. The third kappa shape index (κ3) is 269. The van der Waals surface area contributed by atoms with E-state index in [9.17, 15) is 0 Å². The molecule has 32 heavy (non-hydrogen) atoms. The van der Waals surface area contributed by atoms with Crippen LogP contribution >= 0.6 is 0 Å². The Morgan fingerprint density at radius 2 is 0.125 bits per heavy atom. The molecule has 21 radical (unpaired) electrons. The fourth-order valence-corrected chi connectivity index (χ4v) is 0. The second-order valence-corrected chi connectivity index (χ2v) is 0. The Kier molecular flexibility index (Phi) is 1820. The number of hydrogen-bond acceptors (Lipinski definition) is 0. The van der Waals surface area contributed by atoms with Gasteiger partial charge in [-0.2, -0.15) is 0 Å². The second-order valence-electron chi connectivity index (χ2n) is 0. The van der Waals surface area contributed by atoms with E-state index in [1.54, 1.807) is 0 Å². The first-order valence-corrected chi connectivity index (χ1v) is 5.00. The third-order valence-corrected chi connectivity index (χ3v) is 0. The Bertz CT molecular complexity index is 29.7. The molecule has 0 atom stereocenters. The van der Waals surface area contributed by atoms with Crippen LogP contribution in [0.2, 0.25) is 0 Å². The van der Waals surface area contributed by atoms with Gasteiger partial charge in [0, 0.05) is 687 Å². The largest absolute Gasteiger partial charge is 0.358 e. The molecule has 0 saturated carbocycles. The molecule has 0 amide bonds. The van der Waals surface area contributed by atoms with Gasteiger partial charge < -0.3 is 7.43 Å². The topological polar surface area (TPSA) is 0 Å². The molecule has 0 bridgehead atoms.